The van der Waals surface area contributed by atoms with Gasteiger partial charge in [0.05, 0.1) is 34.6 Å². The van der Waals surface area contributed by atoms with Gasteiger partial charge in [-0.15, -0.1) is 0 Å². The summed E-state index contributed by atoms with van der Waals surface area (Å²) in [6.45, 7) is 5.16. The molecule has 0 bridgehead atoms. The number of carbonyl (C=O) groups is 1. The van der Waals surface area contributed by atoms with E-state index in [9.17, 15) is 4.79 Å². The number of aromatic nitrogens is 4. The predicted molar refractivity (Wildman–Crippen MR) is 144 cm³/mol. The van der Waals surface area contributed by atoms with Crippen LogP contribution in [0, 0.1) is 5.82 Å². The van der Waals surface area contributed by atoms with Gasteiger partial charge in [-0.1, -0.05) is 11.6 Å². The first kappa shape index (κ1) is 24.7. The summed E-state index contributed by atoms with van der Waals surface area (Å²) in [7, 11) is 0. The molecule has 38 heavy (non-hydrogen) atoms. The molecule has 0 spiro atoms. The summed E-state index contributed by atoms with van der Waals surface area (Å²) in [5.41, 5.74) is 9.32. The third kappa shape index (κ3) is 4.38. The average Bonchev–Trinajstić information content (AvgIpc) is 3.51. The van der Waals surface area contributed by atoms with Crippen LogP contribution >= 0.6 is 11.6 Å². The summed E-state index contributed by atoms with van der Waals surface area (Å²) in [6.07, 6.45) is 3.14. The Morgan fingerprint density at radius 1 is 1.18 bits per heavy atom. The number of rotatable bonds is 6. The maximum Gasteiger partial charge on any atom is 0.253 e. The summed E-state index contributed by atoms with van der Waals surface area (Å²) in [6, 6.07) is 10.7. The van der Waals surface area contributed by atoms with Crippen LogP contribution in [0.3, 0.4) is 0 Å². The quantitative estimate of drug-likeness (QED) is 0.360. The molecule has 0 unspecified atom stereocenters. The SMILES string of the molecule is CC(C)n1c(C2(N)CC2)nc2c(F)cc(-c3nc(Nc4ccc(N5CCOCC5=O)cc4)ncc3Cl)cc21. The molecular formula is C27H27ClFN7O2. The van der Waals surface area contributed by atoms with Crippen molar-refractivity contribution in [2.24, 2.45) is 5.73 Å². The van der Waals surface area contributed by atoms with E-state index in [1.165, 1.54) is 12.3 Å². The Labute approximate surface area is 223 Å². The van der Waals surface area contributed by atoms with Crippen molar-refractivity contribution in [1.29, 1.82) is 0 Å². The van der Waals surface area contributed by atoms with Crippen LogP contribution in [0.4, 0.5) is 21.7 Å². The maximum atomic E-state index is 15.3. The molecule has 1 aliphatic heterocycles. The van der Waals surface area contributed by atoms with Gasteiger partial charge in [-0.2, -0.15) is 0 Å². The summed E-state index contributed by atoms with van der Waals surface area (Å²) in [5.74, 6) is 0.477. The Bertz CT molecular complexity index is 1550. The second kappa shape index (κ2) is 9.30. The number of nitrogens with zero attached hydrogens (tertiary/aromatic N) is 5. The highest BCUT2D eigenvalue weighted by atomic mass is 35.5. The molecule has 2 aromatic carbocycles. The second-order valence-electron chi connectivity index (χ2n) is 10.0. The van der Waals surface area contributed by atoms with E-state index in [4.69, 9.17) is 22.1 Å². The number of morpholine rings is 1. The molecule has 0 radical (unpaired) electrons. The number of anilines is 3. The zero-order valence-electron chi connectivity index (χ0n) is 21.0. The fourth-order valence-corrected chi connectivity index (χ4v) is 5.00. The molecule has 2 aliphatic rings. The molecule has 2 aromatic heterocycles. The van der Waals surface area contributed by atoms with E-state index >= 15 is 4.39 Å². The number of imidazole rings is 1. The first-order chi connectivity index (χ1) is 18.2. The van der Waals surface area contributed by atoms with E-state index in [2.05, 4.69) is 20.3 Å². The molecule has 3 heterocycles. The lowest BCUT2D eigenvalue weighted by Gasteiger charge is -2.26. The first-order valence-corrected chi connectivity index (χ1v) is 12.9. The third-order valence-corrected chi connectivity index (χ3v) is 7.21. The number of amides is 1. The van der Waals surface area contributed by atoms with Gasteiger partial charge in [-0.3, -0.25) is 4.79 Å². The van der Waals surface area contributed by atoms with Gasteiger partial charge >= 0.3 is 0 Å². The Morgan fingerprint density at radius 3 is 2.63 bits per heavy atom. The minimum atomic E-state index is -0.510. The molecule has 1 aliphatic carbocycles. The van der Waals surface area contributed by atoms with Gasteiger partial charge in [-0.05, 0) is 63.1 Å². The summed E-state index contributed by atoms with van der Waals surface area (Å²) < 4.78 is 22.5. The van der Waals surface area contributed by atoms with E-state index < -0.39 is 11.4 Å². The number of hydrogen-bond acceptors (Lipinski definition) is 7. The third-order valence-electron chi connectivity index (χ3n) is 6.94. The van der Waals surface area contributed by atoms with Crippen LogP contribution in [0.2, 0.25) is 5.02 Å². The van der Waals surface area contributed by atoms with Gasteiger partial charge in [0, 0.05) is 29.5 Å². The number of benzene rings is 2. The fraction of sp³-hybridized carbons (Fsp3) is 0.333. The Balaban J connectivity index is 1.32. The Hall–Kier alpha value is -3.60. The number of halogens is 2. The highest BCUT2D eigenvalue weighted by Crippen LogP contribution is 2.45. The van der Waals surface area contributed by atoms with Crippen molar-refractivity contribution in [1.82, 2.24) is 19.5 Å². The molecular weight excluding hydrogens is 509 g/mol. The number of carbonyl (C=O) groups excluding carboxylic acids is 1. The van der Waals surface area contributed by atoms with Crippen molar-refractivity contribution >= 4 is 45.9 Å². The highest BCUT2D eigenvalue weighted by molar-refractivity contribution is 6.33. The molecule has 3 N–H and O–H groups in total. The molecule has 1 saturated carbocycles. The zero-order valence-corrected chi connectivity index (χ0v) is 21.8. The number of hydrogen-bond donors (Lipinski definition) is 2. The highest BCUT2D eigenvalue weighted by Gasteiger charge is 2.45. The van der Waals surface area contributed by atoms with E-state index in [-0.39, 0.29) is 24.1 Å². The molecule has 4 aromatic rings. The van der Waals surface area contributed by atoms with E-state index in [0.717, 1.165) is 24.2 Å². The zero-order chi connectivity index (χ0) is 26.6. The van der Waals surface area contributed by atoms with Crippen LogP contribution in [0.15, 0.2) is 42.6 Å². The maximum absolute atomic E-state index is 15.3. The lowest BCUT2D eigenvalue weighted by molar-refractivity contribution is -0.125. The van der Waals surface area contributed by atoms with Crippen molar-refractivity contribution in [3.8, 4) is 11.3 Å². The van der Waals surface area contributed by atoms with Gasteiger partial charge in [0.1, 0.15) is 17.9 Å². The Morgan fingerprint density at radius 2 is 1.95 bits per heavy atom. The topological polar surface area (TPSA) is 111 Å². The minimum absolute atomic E-state index is 0.0412. The normalized spacial score (nSPS) is 16.9. The minimum Gasteiger partial charge on any atom is -0.370 e. The van der Waals surface area contributed by atoms with Crippen molar-refractivity contribution < 1.29 is 13.9 Å². The van der Waals surface area contributed by atoms with Crippen molar-refractivity contribution in [3.63, 3.8) is 0 Å². The van der Waals surface area contributed by atoms with Gasteiger partial charge in [-0.25, -0.2) is 19.3 Å². The predicted octanol–water partition coefficient (Wildman–Crippen LogP) is 4.92. The summed E-state index contributed by atoms with van der Waals surface area (Å²) in [4.78, 5) is 27.3. The molecule has 6 rings (SSSR count). The number of nitrogens with one attached hydrogen (secondary N) is 1. The van der Waals surface area contributed by atoms with Gasteiger partial charge in [0.2, 0.25) is 5.95 Å². The number of nitrogens with two attached hydrogens (primary N) is 1. The van der Waals surface area contributed by atoms with Crippen LogP contribution in [0.1, 0.15) is 38.6 Å². The summed E-state index contributed by atoms with van der Waals surface area (Å²) in [5, 5.41) is 3.45. The molecule has 0 atom stereocenters. The number of fused-ring (bicyclic) bond motifs is 1. The monoisotopic (exact) mass is 535 g/mol. The Kier molecular flexibility index (Phi) is 6.05. The fourth-order valence-electron chi connectivity index (χ4n) is 4.80. The van der Waals surface area contributed by atoms with E-state index in [0.29, 0.717) is 46.7 Å². The average molecular weight is 536 g/mol. The van der Waals surface area contributed by atoms with E-state index in [1.54, 1.807) is 4.90 Å². The lowest BCUT2D eigenvalue weighted by Crippen LogP contribution is -2.41. The second-order valence-corrected chi connectivity index (χ2v) is 10.4. The summed E-state index contributed by atoms with van der Waals surface area (Å²) >= 11 is 6.48. The van der Waals surface area contributed by atoms with Gasteiger partial charge in [0.15, 0.2) is 5.82 Å². The van der Waals surface area contributed by atoms with E-state index in [1.807, 2.05) is 48.7 Å². The number of ether oxygens (including phenoxy) is 1. The largest absolute Gasteiger partial charge is 0.370 e. The molecule has 2 fully saturated rings. The van der Waals surface area contributed by atoms with Crippen molar-refractivity contribution in [2.45, 2.75) is 38.3 Å². The lowest BCUT2D eigenvalue weighted by atomic mass is 10.1. The van der Waals surface area contributed by atoms with Crippen molar-refractivity contribution in [2.75, 3.05) is 30.0 Å². The van der Waals surface area contributed by atoms with Crippen LogP contribution < -0.4 is 16.0 Å². The molecule has 196 valence electrons. The first-order valence-electron chi connectivity index (χ1n) is 12.5. The molecule has 1 saturated heterocycles. The van der Waals surface area contributed by atoms with Crippen LogP contribution in [0.25, 0.3) is 22.3 Å². The standard InChI is InChI=1S/C27H27ClFN7O2/c1-15(2)36-21-12-16(11-20(29)24(21)33-25(36)27(30)7-8-27)23-19(28)13-31-26(34-23)32-17-3-5-18(6-4-17)35-9-10-38-14-22(35)37/h3-6,11-13,15H,7-10,14,30H2,1-2H3,(H,31,32,34). The van der Waals surface area contributed by atoms with Crippen molar-refractivity contribution in [3.05, 3.63) is 59.3 Å². The molecule has 11 heteroatoms. The van der Waals surface area contributed by atoms with Crippen LogP contribution in [-0.4, -0.2) is 45.2 Å². The smallest absolute Gasteiger partial charge is 0.253 e. The van der Waals surface area contributed by atoms with Gasteiger partial charge in [0.25, 0.3) is 5.91 Å². The van der Waals surface area contributed by atoms with Crippen LogP contribution in [0.5, 0.6) is 0 Å². The van der Waals surface area contributed by atoms with Gasteiger partial charge < -0.3 is 25.3 Å². The molecule has 9 nitrogen and oxygen atoms in total. The molecule has 1 amide bonds. The van der Waals surface area contributed by atoms with Crippen LogP contribution in [-0.2, 0) is 15.1 Å².